The lowest BCUT2D eigenvalue weighted by molar-refractivity contribution is -0.143. The predicted octanol–water partition coefficient (Wildman–Crippen LogP) is 0.440. The number of thioether (sulfide) groups is 2. The molecule has 3 amide bonds. The largest absolute Gasteiger partial charge is 0.480 e. The number of nitrogens with one attached hydrogen (secondary N) is 4. The first kappa shape index (κ1) is 27.6. The Morgan fingerprint density at radius 3 is 1.97 bits per heavy atom. The van der Waals surface area contributed by atoms with Crippen molar-refractivity contribution in [2.24, 2.45) is 5.92 Å². The van der Waals surface area contributed by atoms with Crippen LogP contribution in [0, 0.1) is 5.92 Å². The van der Waals surface area contributed by atoms with E-state index < -0.39 is 35.9 Å². The molecule has 1 aliphatic heterocycles. The van der Waals surface area contributed by atoms with Gasteiger partial charge in [0.25, 0.3) is 0 Å². The van der Waals surface area contributed by atoms with E-state index in [0.717, 1.165) is 19.4 Å². The Morgan fingerprint density at radius 2 is 1.52 bits per heavy atom. The van der Waals surface area contributed by atoms with Crippen molar-refractivity contribution in [3.63, 3.8) is 0 Å². The summed E-state index contributed by atoms with van der Waals surface area (Å²) in [5.74, 6) is -1.31. The van der Waals surface area contributed by atoms with Gasteiger partial charge in [-0.05, 0) is 62.2 Å². The molecular weight excluding hydrogens is 440 g/mol. The zero-order chi connectivity index (χ0) is 23.4. The third-order valence-electron chi connectivity index (χ3n) is 5.09. The summed E-state index contributed by atoms with van der Waals surface area (Å²) >= 11 is 3.09. The van der Waals surface area contributed by atoms with E-state index in [-0.39, 0.29) is 17.9 Å². The molecule has 1 saturated heterocycles. The minimum Gasteiger partial charge on any atom is -0.480 e. The standard InChI is InChI=1S/C20H36N4O5S2/c1-12(2)16(20(28)29)24-19(27)15(8-11-31-4)23-18(26)14(7-10-30-3)22-17(25)13-6-5-9-21-13/h12-16,21H,5-11H2,1-4H3,(H,22,25)(H,23,26)(H,24,27)(H,28,29). The highest BCUT2D eigenvalue weighted by Gasteiger charge is 2.31. The van der Waals surface area contributed by atoms with Gasteiger partial charge in [-0.1, -0.05) is 13.8 Å². The van der Waals surface area contributed by atoms with Crippen LogP contribution in [0.2, 0.25) is 0 Å². The monoisotopic (exact) mass is 476 g/mol. The Hall–Kier alpha value is -1.46. The SMILES string of the molecule is CSCCC(NC(=O)C1CCCN1)C(=O)NC(CCSC)C(=O)NC(C(=O)O)C(C)C. The predicted molar refractivity (Wildman–Crippen MR) is 125 cm³/mol. The van der Waals surface area contributed by atoms with Crippen molar-refractivity contribution in [3.8, 4) is 0 Å². The van der Waals surface area contributed by atoms with Crippen molar-refractivity contribution < 1.29 is 24.3 Å². The average Bonchev–Trinajstić information content (AvgIpc) is 3.26. The number of hydrogen-bond acceptors (Lipinski definition) is 7. The molecule has 0 radical (unpaired) electrons. The third kappa shape index (κ3) is 9.69. The van der Waals surface area contributed by atoms with Gasteiger partial charge in [-0.2, -0.15) is 23.5 Å². The molecule has 0 aromatic rings. The number of carboxylic acid groups (broad SMARTS) is 1. The molecule has 5 N–H and O–H groups in total. The number of carboxylic acids is 1. The van der Waals surface area contributed by atoms with Gasteiger partial charge in [0, 0.05) is 0 Å². The molecular formula is C20H36N4O5S2. The molecule has 1 heterocycles. The number of hydrogen-bond donors (Lipinski definition) is 5. The van der Waals surface area contributed by atoms with Crippen molar-refractivity contribution in [3.05, 3.63) is 0 Å². The molecule has 178 valence electrons. The molecule has 0 aromatic carbocycles. The summed E-state index contributed by atoms with van der Waals surface area (Å²) in [6, 6.07) is -2.98. The lowest BCUT2D eigenvalue weighted by Gasteiger charge is -2.26. The van der Waals surface area contributed by atoms with Gasteiger partial charge in [0.15, 0.2) is 0 Å². The van der Waals surface area contributed by atoms with Crippen LogP contribution in [0.3, 0.4) is 0 Å². The highest BCUT2D eigenvalue weighted by molar-refractivity contribution is 7.98. The summed E-state index contributed by atoms with van der Waals surface area (Å²) in [4.78, 5) is 49.7. The Morgan fingerprint density at radius 1 is 0.968 bits per heavy atom. The number of aliphatic carboxylic acids is 1. The normalized spacial score (nSPS) is 18.8. The van der Waals surface area contributed by atoms with Crippen LogP contribution < -0.4 is 21.3 Å². The summed E-state index contributed by atoms with van der Waals surface area (Å²) in [5, 5.41) is 20.6. The van der Waals surface area contributed by atoms with E-state index in [1.807, 2.05) is 12.5 Å². The summed E-state index contributed by atoms with van der Waals surface area (Å²) in [6.45, 7) is 4.19. The second-order valence-electron chi connectivity index (χ2n) is 7.90. The van der Waals surface area contributed by atoms with Crippen molar-refractivity contribution in [2.45, 2.75) is 63.7 Å². The molecule has 11 heteroatoms. The maximum absolute atomic E-state index is 13.0. The lowest BCUT2D eigenvalue weighted by Crippen LogP contribution is -2.57. The van der Waals surface area contributed by atoms with Crippen LogP contribution in [0.5, 0.6) is 0 Å². The van der Waals surface area contributed by atoms with Crippen LogP contribution in [-0.4, -0.2) is 83.5 Å². The van der Waals surface area contributed by atoms with Crippen molar-refractivity contribution >= 4 is 47.2 Å². The molecule has 1 fully saturated rings. The molecule has 1 rings (SSSR count). The summed E-state index contributed by atoms with van der Waals surface area (Å²) in [5.41, 5.74) is 0. The van der Waals surface area contributed by atoms with Crippen LogP contribution in [0.1, 0.15) is 39.5 Å². The van der Waals surface area contributed by atoms with Gasteiger partial charge in [-0.3, -0.25) is 14.4 Å². The van der Waals surface area contributed by atoms with E-state index in [0.29, 0.717) is 24.3 Å². The van der Waals surface area contributed by atoms with Crippen molar-refractivity contribution in [2.75, 3.05) is 30.6 Å². The molecule has 1 aliphatic rings. The fourth-order valence-corrected chi connectivity index (χ4v) is 4.17. The van der Waals surface area contributed by atoms with Gasteiger partial charge in [0.2, 0.25) is 17.7 Å². The Bertz CT molecular complexity index is 614. The first-order chi connectivity index (χ1) is 14.7. The van der Waals surface area contributed by atoms with Crippen molar-refractivity contribution in [1.29, 1.82) is 0 Å². The van der Waals surface area contributed by atoms with Gasteiger partial charge in [0.1, 0.15) is 18.1 Å². The van der Waals surface area contributed by atoms with E-state index in [1.165, 1.54) is 11.8 Å². The second kappa shape index (κ2) is 14.6. The molecule has 4 unspecified atom stereocenters. The molecule has 31 heavy (non-hydrogen) atoms. The molecule has 0 spiro atoms. The fraction of sp³-hybridized carbons (Fsp3) is 0.800. The summed E-state index contributed by atoms with van der Waals surface area (Å²) < 4.78 is 0. The van der Waals surface area contributed by atoms with Crippen LogP contribution in [0.25, 0.3) is 0 Å². The topological polar surface area (TPSA) is 137 Å². The van der Waals surface area contributed by atoms with Crippen LogP contribution in [-0.2, 0) is 19.2 Å². The van der Waals surface area contributed by atoms with E-state index in [1.54, 1.807) is 25.6 Å². The summed E-state index contributed by atoms with van der Waals surface area (Å²) in [7, 11) is 0. The Labute approximate surface area is 193 Å². The van der Waals surface area contributed by atoms with Gasteiger partial charge >= 0.3 is 5.97 Å². The zero-order valence-corrected chi connectivity index (χ0v) is 20.4. The first-order valence-electron chi connectivity index (χ1n) is 10.6. The third-order valence-corrected chi connectivity index (χ3v) is 6.38. The smallest absolute Gasteiger partial charge is 0.326 e. The van der Waals surface area contributed by atoms with E-state index in [2.05, 4.69) is 21.3 Å². The maximum atomic E-state index is 13.0. The summed E-state index contributed by atoms with van der Waals surface area (Å²) in [6.07, 6.45) is 6.25. The van der Waals surface area contributed by atoms with Gasteiger partial charge in [0.05, 0.1) is 6.04 Å². The average molecular weight is 477 g/mol. The second-order valence-corrected chi connectivity index (χ2v) is 9.87. The molecule has 0 bridgehead atoms. The van der Waals surface area contributed by atoms with E-state index in [4.69, 9.17) is 0 Å². The van der Waals surface area contributed by atoms with Crippen molar-refractivity contribution in [1.82, 2.24) is 21.3 Å². The number of amides is 3. The Balaban J connectivity index is 2.86. The molecule has 0 aromatic heterocycles. The zero-order valence-electron chi connectivity index (χ0n) is 18.7. The molecule has 9 nitrogen and oxygen atoms in total. The van der Waals surface area contributed by atoms with E-state index in [9.17, 15) is 24.3 Å². The molecule has 0 saturated carbocycles. The molecule has 0 aliphatic carbocycles. The van der Waals surface area contributed by atoms with Crippen LogP contribution in [0.4, 0.5) is 0 Å². The minimum absolute atomic E-state index is 0.213. The van der Waals surface area contributed by atoms with Gasteiger partial charge < -0.3 is 26.4 Å². The number of carbonyl (C=O) groups is 4. The Kier molecular flexibility index (Phi) is 13.0. The first-order valence-corrected chi connectivity index (χ1v) is 13.3. The maximum Gasteiger partial charge on any atom is 0.326 e. The van der Waals surface area contributed by atoms with Gasteiger partial charge in [-0.25, -0.2) is 4.79 Å². The van der Waals surface area contributed by atoms with Crippen LogP contribution in [0.15, 0.2) is 0 Å². The fourth-order valence-electron chi connectivity index (χ4n) is 3.23. The quantitative estimate of drug-likeness (QED) is 0.244. The lowest BCUT2D eigenvalue weighted by atomic mass is 10.0. The van der Waals surface area contributed by atoms with Gasteiger partial charge in [-0.15, -0.1) is 0 Å². The highest BCUT2D eigenvalue weighted by Crippen LogP contribution is 2.09. The number of rotatable bonds is 14. The highest BCUT2D eigenvalue weighted by atomic mass is 32.2. The minimum atomic E-state index is -1.12. The number of carbonyl (C=O) groups excluding carboxylic acids is 3. The molecule has 4 atom stereocenters. The van der Waals surface area contributed by atoms with Crippen LogP contribution >= 0.6 is 23.5 Å². The van der Waals surface area contributed by atoms with E-state index >= 15 is 0 Å².